The maximum atomic E-state index is 14.0. The van der Waals surface area contributed by atoms with Crippen molar-refractivity contribution in [2.24, 2.45) is 0 Å². The zero-order valence-electron chi connectivity index (χ0n) is 21.0. The normalized spacial score (nSPS) is 13.1. The molecule has 0 radical (unpaired) electrons. The number of benzene rings is 1. The van der Waals surface area contributed by atoms with Gasteiger partial charge < -0.3 is 19.7 Å². The number of rotatable bonds is 11. The van der Waals surface area contributed by atoms with E-state index in [2.05, 4.69) is 41.0 Å². The molecular formula is C25H32F3N5O2Si. The summed E-state index contributed by atoms with van der Waals surface area (Å²) in [5.74, 6) is -0.00548. The molecule has 3 aromatic rings. The fraction of sp³-hybridized carbons (Fsp3) is 0.480. The molecule has 1 aromatic carbocycles. The molecule has 0 spiro atoms. The first-order valence-corrected chi connectivity index (χ1v) is 15.6. The molecular weight excluding hydrogens is 487 g/mol. The number of nitriles is 1. The summed E-state index contributed by atoms with van der Waals surface area (Å²) in [5.41, 5.74) is -0.0147. The number of ether oxygens (including phenoxy) is 1. The highest BCUT2D eigenvalue weighted by atomic mass is 28.3. The predicted molar refractivity (Wildman–Crippen MR) is 136 cm³/mol. The molecule has 0 fully saturated rings. The quantitative estimate of drug-likeness (QED) is 0.243. The van der Waals surface area contributed by atoms with Crippen LogP contribution in [0.1, 0.15) is 30.9 Å². The number of hydrogen-bond donors (Lipinski definition) is 2. The Kier molecular flexibility index (Phi) is 8.76. The second-order valence-corrected chi connectivity index (χ2v) is 15.6. The first kappa shape index (κ1) is 27.6. The van der Waals surface area contributed by atoms with Crippen LogP contribution in [0.25, 0.3) is 22.2 Å². The van der Waals surface area contributed by atoms with Crippen LogP contribution in [0.3, 0.4) is 0 Å². The molecule has 194 valence electrons. The summed E-state index contributed by atoms with van der Waals surface area (Å²) in [6.07, 6.45) is -1.69. The molecule has 36 heavy (non-hydrogen) atoms. The maximum absolute atomic E-state index is 14.0. The molecule has 0 aliphatic heterocycles. The minimum Gasteiger partial charge on any atom is -0.391 e. The number of anilines is 1. The number of halogens is 3. The van der Waals surface area contributed by atoms with E-state index in [1.807, 2.05) is 6.92 Å². The van der Waals surface area contributed by atoms with Crippen LogP contribution in [0.2, 0.25) is 25.7 Å². The fourth-order valence-electron chi connectivity index (χ4n) is 3.72. The Hall–Kier alpha value is -2.94. The van der Waals surface area contributed by atoms with Gasteiger partial charge in [-0.25, -0.2) is 9.97 Å². The van der Waals surface area contributed by atoms with Gasteiger partial charge in [0, 0.05) is 44.6 Å². The van der Waals surface area contributed by atoms with Gasteiger partial charge in [-0.15, -0.1) is 0 Å². The lowest BCUT2D eigenvalue weighted by atomic mass is 10.0. The van der Waals surface area contributed by atoms with Crippen LogP contribution in [0.15, 0.2) is 30.6 Å². The highest BCUT2D eigenvalue weighted by Crippen LogP contribution is 2.39. The average molecular weight is 520 g/mol. The van der Waals surface area contributed by atoms with Crippen molar-refractivity contribution in [3.8, 4) is 17.3 Å². The van der Waals surface area contributed by atoms with E-state index in [1.165, 1.54) is 0 Å². The third kappa shape index (κ3) is 7.06. The highest BCUT2D eigenvalue weighted by Gasteiger charge is 2.36. The summed E-state index contributed by atoms with van der Waals surface area (Å²) in [7, 11) is -1.31. The zero-order chi connectivity index (χ0) is 26.5. The molecule has 0 bridgehead atoms. The molecule has 0 aliphatic carbocycles. The minimum atomic E-state index is -4.68. The van der Waals surface area contributed by atoms with Gasteiger partial charge in [0.25, 0.3) is 0 Å². The predicted octanol–water partition coefficient (Wildman–Crippen LogP) is 5.87. The molecule has 11 heteroatoms. The SMILES string of the molecule is CCC[C@@H](O)CNc1ncc(C(F)(F)F)c(-c2cn(COCC[Si](C)(C)C)c3cc(C#N)ccc23)n1. The van der Waals surface area contributed by atoms with Gasteiger partial charge in [-0.2, -0.15) is 18.4 Å². The minimum absolute atomic E-state index is 0.00548. The lowest BCUT2D eigenvalue weighted by molar-refractivity contribution is -0.137. The summed E-state index contributed by atoms with van der Waals surface area (Å²) >= 11 is 0. The Bertz CT molecular complexity index is 1230. The van der Waals surface area contributed by atoms with Crippen molar-refractivity contribution in [1.82, 2.24) is 14.5 Å². The summed E-state index contributed by atoms with van der Waals surface area (Å²) in [4.78, 5) is 8.05. The molecule has 1 atom stereocenters. The second kappa shape index (κ2) is 11.4. The molecule has 0 saturated carbocycles. The van der Waals surface area contributed by atoms with Crippen LogP contribution in [-0.2, 0) is 17.6 Å². The van der Waals surface area contributed by atoms with Crippen LogP contribution < -0.4 is 5.32 Å². The zero-order valence-corrected chi connectivity index (χ0v) is 22.0. The van der Waals surface area contributed by atoms with Gasteiger partial charge in [0.1, 0.15) is 12.3 Å². The molecule has 0 amide bonds. The Morgan fingerprint density at radius 3 is 2.67 bits per heavy atom. The van der Waals surface area contributed by atoms with Crippen LogP contribution in [-0.4, -0.2) is 47.0 Å². The molecule has 2 heterocycles. The Morgan fingerprint density at radius 1 is 1.28 bits per heavy atom. The lowest BCUT2D eigenvalue weighted by Gasteiger charge is -2.16. The van der Waals surface area contributed by atoms with E-state index >= 15 is 0 Å². The van der Waals surface area contributed by atoms with Crippen molar-refractivity contribution in [1.29, 1.82) is 5.26 Å². The average Bonchev–Trinajstić information content (AvgIpc) is 3.17. The van der Waals surface area contributed by atoms with Crippen LogP contribution in [0, 0.1) is 11.3 Å². The van der Waals surface area contributed by atoms with Crippen LogP contribution in [0.5, 0.6) is 0 Å². The second-order valence-electron chi connectivity index (χ2n) is 9.98. The number of nitrogens with one attached hydrogen (secondary N) is 1. The lowest BCUT2D eigenvalue weighted by Crippen LogP contribution is -2.22. The van der Waals surface area contributed by atoms with Gasteiger partial charge in [0.15, 0.2) is 0 Å². The van der Waals surface area contributed by atoms with E-state index in [-0.39, 0.29) is 30.5 Å². The standard InChI is InChI=1S/C25H32F3N5O2Si/c1-5-6-18(34)13-30-24-31-14-21(25(26,27)28)23(32-24)20-15-33(16-35-9-10-36(2,3)4)22-11-17(12-29)7-8-19(20)22/h7-8,11,14-15,18,34H,5-6,9-10,13,16H2,1-4H3,(H,30,31,32)/t18-/m1/s1. The topological polar surface area (TPSA) is 96.0 Å². The number of fused-ring (bicyclic) bond motifs is 1. The van der Waals surface area contributed by atoms with Gasteiger partial charge in [0.05, 0.1) is 28.9 Å². The van der Waals surface area contributed by atoms with Gasteiger partial charge in [-0.3, -0.25) is 0 Å². The van der Waals surface area contributed by atoms with Crippen molar-refractivity contribution in [3.05, 3.63) is 41.7 Å². The number of nitrogens with zero attached hydrogens (tertiary/aromatic N) is 4. The monoisotopic (exact) mass is 519 g/mol. The van der Waals surface area contributed by atoms with E-state index < -0.39 is 25.9 Å². The van der Waals surface area contributed by atoms with E-state index in [0.29, 0.717) is 29.5 Å². The van der Waals surface area contributed by atoms with Gasteiger partial charge in [-0.05, 0) is 24.6 Å². The number of alkyl halides is 3. The molecule has 0 unspecified atom stereocenters. The molecule has 2 N–H and O–H groups in total. The van der Waals surface area contributed by atoms with Gasteiger partial charge in [-0.1, -0.05) is 39.1 Å². The maximum Gasteiger partial charge on any atom is 0.419 e. The third-order valence-electron chi connectivity index (χ3n) is 5.71. The van der Waals surface area contributed by atoms with Crippen LogP contribution in [0.4, 0.5) is 19.1 Å². The van der Waals surface area contributed by atoms with Crippen molar-refractivity contribution in [2.75, 3.05) is 18.5 Å². The van der Waals surface area contributed by atoms with Crippen molar-refractivity contribution >= 4 is 24.9 Å². The Labute approximate surface area is 210 Å². The third-order valence-corrected chi connectivity index (χ3v) is 7.41. The molecule has 3 rings (SSSR count). The molecule has 0 aliphatic rings. The summed E-state index contributed by atoms with van der Waals surface area (Å²) in [6.45, 7) is 9.43. The van der Waals surface area contributed by atoms with E-state index in [1.54, 1.807) is 29.0 Å². The smallest absolute Gasteiger partial charge is 0.391 e. The van der Waals surface area contributed by atoms with E-state index in [9.17, 15) is 23.5 Å². The van der Waals surface area contributed by atoms with Gasteiger partial charge >= 0.3 is 6.18 Å². The molecule has 0 saturated heterocycles. The first-order chi connectivity index (χ1) is 16.9. The summed E-state index contributed by atoms with van der Waals surface area (Å²) in [6, 6.07) is 7.85. The van der Waals surface area contributed by atoms with Crippen molar-refractivity contribution < 1.29 is 23.0 Å². The summed E-state index contributed by atoms with van der Waals surface area (Å²) in [5, 5.41) is 22.7. The fourth-order valence-corrected chi connectivity index (χ4v) is 4.48. The number of hydrogen-bond acceptors (Lipinski definition) is 6. The number of aliphatic hydroxyl groups is 1. The molecule has 7 nitrogen and oxygen atoms in total. The van der Waals surface area contributed by atoms with Crippen molar-refractivity contribution in [2.45, 2.75) is 64.5 Å². The number of aromatic nitrogens is 3. The summed E-state index contributed by atoms with van der Waals surface area (Å²) < 4.78 is 49.4. The first-order valence-electron chi connectivity index (χ1n) is 11.9. The largest absolute Gasteiger partial charge is 0.419 e. The van der Waals surface area contributed by atoms with Gasteiger partial charge in [0.2, 0.25) is 5.95 Å². The highest BCUT2D eigenvalue weighted by molar-refractivity contribution is 6.76. The van der Waals surface area contributed by atoms with Crippen LogP contribution >= 0.6 is 0 Å². The Morgan fingerprint density at radius 2 is 2.03 bits per heavy atom. The number of aliphatic hydroxyl groups excluding tert-OH is 1. The molecule has 2 aromatic heterocycles. The van der Waals surface area contributed by atoms with E-state index in [0.717, 1.165) is 18.7 Å². The van der Waals surface area contributed by atoms with E-state index in [4.69, 9.17) is 4.74 Å². The van der Waals surface area contributed by atoms with Crippen molar-refractivity contribution in [3.63, 3.8) is 0 Å². The Balaban J connectivity index is 2.05.